The number of carboxylic acid groups (broad SMARTS) is 3. The molecule has 1 aliphatic carbocycles. The summed E-state index contributed by atoms with van der Waals surface area (Å²) in [5.74, 6) is -5.17. The van der Waals surface area contributed by atoms with Crippen LogP contribution in [0.4, 0.5) is 0 Å². The van der Waals surface area contributed by atoms with Gasteiger partial charge in [0.25, 0.3) is 11.8 Å². The third-order valence-electron chi connectivity index (χ3n) is 9.83. The van der Waals surface area contributed by atoms with Gasteiger partial charge in [-0.1, -0.05) is 0 Å². The second kappa shape index (κ2) is 21.9. The summed E-state index contributed by atoms with van der Waals surface area (Å²) in [4.78, 5) is 104. The maximum Gasteiger partial charge on any atom is 0.317 e. The molecule has 0 spiro atoms. The number of unbranched alkanes of at least 4 members (excludes halogenated alkanes) is 1. The Hall–Kier alpha value is -4.46. The molecule has 1 atom stereocenters. The van der Waals surface area contributed by atoms with Gasteiger partial charge >= 0.3 is 17.9 Å². The van der Waals surface area contributed by atoms with Crippen LogP contribution in [0.1, 0.15) is 44.9 Å². The van der Waals surface area contributed by atoms with E-state index in [0.717, 1.165) is 0 Å². The topological polar surface area (TPSA) is 264 Å². The van der Waals surface area contributed by atoms with Crippen LogP contribution in [0.15, 0.2) is 12.2 Å². The second-order valence-electron chi connectivity index (χ2n) is 13.9. The van der Waals surface area contributed by atoms with E-state index in [9.17, 15) is 53.7 Å². The highest BCUT2D eigenvalue weighted by molar-refractivity contribution is 6.12. The van der Waals surface area contributed by atoms with E-state index in [1.54, 1.807) is 14.7 Å². The summed E-state index contributed by atoms with van der Waals surface area (Å²) in [6.07, 6.45) is 6.25. The smallest absolute Gasteiger partial charge is 0.317 e. The molecule has 7 N–H and O–H groups in total. The highest BCUT2D eigenvalue weighted by Gasteiger charge is 2.32. The molecule has 0 bridgehead atoms. The van der Waals surface area contributed by atoms with Gasteiger partial charge in [-0.3, -0.25) is 62.9 Å². The minimum Gasteiger partial charge on any atom is -0.480 e. The molecule has 19 heteroatoms. The summed E-state index contributed by atoms with van der Waals surface area (Å²) in [7, 11) is 0. The van der Waals surface area contributed by atoms with E-state index in [2.05, 4.69) is 10.6 Å². The molecule has 0 aromatic carbocycles. The van der Waals surface area contributed by atoms with Crippen LogP contribution in [0.25, 0.3) is 0 Å². The highest BCUT2D eigenvalue weighted by Crippen LogP contribution is 2.30. The number of hydrogen-bond acceptors (Lipinski definition) is 12. The molecule has 2 aliphatic heterocycles. The lowest BCUT2D eigenvalue weighted by atomic mass is 9.81. The van der Waals surface area contributed by atoms with Crippen LogP contribution in [-0.4, -0.2) is 185 Å². The van der Waals surface area contributed by atoms with E-state index in [0.29, 0.717) is 77.8 Å². The molecule has 296 valence electrons. The maximum absolute atomic E-state index is 13.0. The van der Waals surface area contributed by atoms with Gasteiger partial charge in [-0.15, -0.1) is 0 Å². The van der Waals surface area contributed by atoms with E-state index < -0.39 is 29.9 Å². The van der Waals surface area contributed by atoms with Gasteiger partial charge in [0.05, 0.1) is 26.2 Å². The molecule has 19 nitrogen and oxygen atoms in total. The van der Waals surface area contributed by atoms with Crippen molar-refractivity contribution in [3.8, 4) is 0 Å². The second-order valence-corrected chi connectivity index (χ2v) is 13.9. The van der Waals surface area contributed by atoms with E-state index in [4.69, 9.17) is 5.73 Å². The first kappa shape index (κ1) is 42.9. The Bertz CT molecular complexity index is 1300. The number of carbonyl (C=O) groups excluding carboxylic acids is 5. The Kier molecular flexibility index (Phi) is 17.8. The van der Waals surface area contributed by atoms with Gasteiger partial charge in [-0.05, 0) is 50.9 Å². The summed E-state index contributed by atoms with van der Waals surface area (Å²) in [5.41, 5.74) is 5.58. The molecular weight excluding hydrogens is 696 g/mol. The zero-order valence-electron chi connectivity index (χ0n) is 30.2. The van der Waals surface area contributed by atoms with Gasteiger partial charge < -0.3 is 31.7 Å². The quantitative estimate of drug-likeness (QED) is 0.0622. The van der Waals surface area contributed by atoms with Gasteiger partial charge in [0.1, 0.15) is 6.04 Å². The number of nitrogens with two attached hydrogens (primary N) is 1. The van der Waals surface area contributed by atoms with Gasteiger partial charge in [-0.2, -0.15) is 0 Å². The number of nitrogens with one attached hydrogen (secondary N) is 2. The van der Waals surface area contributed by atoms with Crippen LogP contribution in [0.3, 0.4) is 0 Å². The molecule has 53 heavy (non-hydrogen) atoms. The zero-order valence-corrected chi connectivity index (χ0v) is 30.2. The van der Waals surface area contributed by atoms with Crippen molar-refractivity contribution in [2.75, 3.05) is 91.6 Å². The lowest BCUT2D eigenvalue weighted by Crippen LogP contribution is -2.49. The normalized spacial score (nSPS) is 22.1. The minimum absolute atomic E-state index is 0.0172. The first-order valence-corrected chi connectivity index (χ1v) is 18.1. The number of hydrogen-bond donors (Lipinski definition) is 6. The molecule has 1 saturated heterocycles. The lowest BCUT2D eigenvalue weighted by Gasteiger charge is -2.32. The van der Waals surface area contributed by atoms with E-state index in [1.807, 2.05) is 4.90 Å². The van der Waals surface area contributed by atoms with Crippen molar-refractivity contribution in [3.05, 3.63) is 12.2 Å². The summed E-state index contributed by atoms with van der Waals surface area (Å²) >= 11 is 0. The van der Waals surface area contributed by atoms with E-state index in [-0.39, 0.29) is 94.2 Å². The molecule has 5 amide bonds. The number of carbonyl (C=O) groups is 8. The molecule has 2 fully saturated rings. The Balaban J connectivity index is 1.43. The predicted molar refractivity (Wildman–Crippen MR) is 188 cm³/mol. The van der Waals surface area contributed by atoms with Crippen molar-refractivity contribution >= 4 is 47.4 Å². The van der Waals surface area contributed by atoms with Crippen LogP contribution in [0.5, 0.6) is 0 Å². The fourth-order valence-corrected chi connectivity index (χ4v) is 6.80. The fourth-order valence-electron chi connectivity index (χ4n) is 6.80. The zero-order chi connectivity index (χ0) is 38.9. The lowest BCUT2D eigenvalue weighted by molar-refractivity contribution is -0.140. The van der Waals surface area contributed by atoms with Crippen molar-refractivity contribution in [2.24, 2.45) is 17.6 Å². The highest BCUT2D eigenvalue weighted by atomic mass is 16.4. The predicted octanol–water partition coefficient (Wildman–Crippen LogP) is -2.55. The van der Waals surface area contributed by atoms with E-state index >= 15 is 0 Å². The van der Waals surface area contributed by atoms with Crippen molar-refractivity contribution in [2.45, 2.75) is 51.0 Å². The minimum atomic E-state index is -1.04. The average molecular weight is 751 g/mol. The molecule has 0 unspecified atom stereocenters. The summed E-state index contributed by atoms with van der Waals surface area (Å²) in [6, 6.07) is -0.872. The first-order valence-electron chi connectivity index (χ1n) is 18.1. The average Bonchev–Trinajstić information content (AvgIpc) is 3.40. The largest absolute Gasteiger partial charge is 0.480 e. The van der Waals surface area contributed by atoms with Gasteiger partial charge in [-0.25, -0.2) is 0 Å². The molecule has 3 rings (SSSR count). The molecule has 0 radical (unpaired) electrons. The number of primary amides is 1. The molecule has 0 aromatic rings. The van der Waals surface area contributed by atoms with Gasteiger partial charge in [0.15, 0.2) is 0 Å². The van der Waals surface area contributed by atoms with Crippen LogP contribution in [-0.2, 0) is 38.4 Å². The number of aliphatic carboxylic acids is 3. The Morgan fingerprint density at radius 2 is 1.11 bits per heavy atom. The maximum atomic E-state index is 13.0. The Morgan fingerprint density at radius 3 is 1.53 bits per heavy atom. The standard InChI is InChI=1S/C34H54N8O11/c35-33(52)26(37-34(53)25-6-4-24(5-7-25)19-42-28(44)8-9-29(42)45)3-1-2-10-36-27(43)20-38-11-13-39(21-30(46)47)15-17-41(23-32(50)51)18-16-40(14-12-38)22-31(48)49/h8-9,24-26H,1-7,10-23H2,(H2,35,52)(H,36,43)(H,37,53)(H,46,47)(H,48,49)(H,50,51)/t24?,25?,26-/m0/s1. The van der Waals surface area contributed by atoms with Crippen LogP contribution in [0, 0.1) is 11.8 Å². The SMILES string of the molecule is NC(=O)[C@H](CCCCNC(=O)CN1CCN(CC(=O)O)CCN(CC(=O)O)CCN(CC(=O)O)CC1)NC(=O)C1CCC(CN2C(=O)C=CC2=O)CC1. The van der Waals surface area contributed by atoms with E-state index in [1.165, 1.54) is 17.1 Å². The third-order valence-corrected chi connectivity index (χ3v) is 9.83. The molecule has 0 aromatic heterocycles. The summed E-state index contributed by atoms with van der Waals surface area (Å²) < 4.78 is 0. The third kappa shape index (κ3) is 16.0. The number of imide groups is 1. The molecule has 3 aliphatic rings. The molecule has 1 saturated carbocycles. The Labute approximate surface area is 308 Å². The number of amides is 5. The fraction of sp³-hybridized carbons (Fsp3) is 0.706. The monoisotopic (exact) mass is 750 g/mol. The summed E-state index contributed by atoms with van der Waals surface area (Å²) in [5, 5.41) is 33.7. The number of carboxylic acids is 3. The van der Waals surface area contributed by atoms with Crippen LogP contribution >= 0.6 is 0 Å². The van der Waals surface area contributed by atoms with Gasteiger partial charge in [0.2, 0.25) is 17.7 Å². The molecule has 2 heterocycles. The number of nitrogens with zero attached hydrogens (tertiary/aromatic N) is 5. The van der Waals surface area contributed by atoms with Crippen molar-refractivity contribution < 1.29 is 53.7 Å². The Morgan fingerprint density at radius 1 is 0.679 bits per heavy atom. The van der Waals surface area contributed by atoms with Crippen molar-refractivity contribution in [3.63, 3.8) is 0 Å². The van der Waals surface area contributed by atoms with Crippen LogP contribution in [0.2, 0.25) is 0 Å². The number of rotatable bonds is 18. The van der Waals surface area contributed by atoms with Gasteiger partial charge in [0, 0.05) is 83.5 Å². The first-order chi connectivity index (χ1) is 25.2. The van der Waals surface area contributed by atoms with Crippen molar-refractivity contribution in [1.82, 2.24) is 35.1 Å². The summed E-state index contributed by atoms with van der Waals surface area (Å²) in [6.45, 7) is 2.12. The van der Waals surface area contributed by atoms with Crippen LogP contribution < -0.4 is 16.4 Å². The van der Waals surface area contributed by atoms with Crippen molar-refractivity contribution in [1.29, 1.82) is 0 Å². The molecular formula is C34H54N8O11.